The van der Waals surface area contributed by atoms with E-state index in [1.807, 2.05) is 56.3 Å². The Morgan fingerprint density at radius 1 is 0.973 bits per heavy atom. The highest BCUT2D eigenvalue weighted by Gasteiger charge is 2.32. The Kier molecular flexibility index (Phi) is 8.23. The summed E-state index contributed by atoms with van der Waals surface area (Å²) in [6.45, 7) is 9.48. The standard InChI is InChI=1S/C27H34N4O4S2/c1-21-18-30(19-22(2)35-21)37(32,33)25-10-6-7-23(17-25)26-20-36-27(28-24-8-4-3-5-9-24)31(26)12-11-29-13-15-34-16-14-29/h3-10,17,20-22H,11-16,18-19H2,1-2H3/t21-,22-/m1/s1. The van der Waals surface area contributed by atoms with Gasteiger partial charge in [-0.2, -0.15) is 4.31 Å². The van der Waals surface area contributed by atoms with Crippen molar-refractivity contribution >= 4 is 27.0 Å². The zero-order chi connectivity index (χ0) is 25.8. The summed E-state index contributed by atoms with van der Waals surface area (Å²) in [5.41, 5.74) is 2.72. The molecule has 2 atom stereocenters. The molecule has 0 N–H and O–H groups in total. The van der Waals surface area contributed by atoms with Crippen LogP contribution in [0.15, 0.2) is 69.9 Å². The van der Waals surface area contributed by atoms with Gasteiger partial charge in [0, 0.05) is 50.2 Å². The molecule has 2 fully saturated rings. The number of aromatic nitrogens is 1. The van der Waals surface area contributed by atoms with Crippen LogP contribution in [0, 0.1) is 0 Å². The first-order valence-electron chi connectivity index (χ1n) is 12.7. The average molecular weight is 543 g/mol. The van der Waals surface area contributed by atoms with Crippen LogP contribution in [-0.2, 0) is 26.0 Å². The Labute approximate surface area is 222 Å². The number of benzene rings is 2. The maximum atomic E-state index is 13.6. The number of para-hydroxylation sites is 1. The second-order valence-electron chi connectivity index (χ2n) is 9.56. The molecule has 0 unspecified atom stereocenters. The minimum Gasteiger partial charge on any atom is -0.379 e. The van der Waals surface area contributed by atoms with E-state index in [0.717, 1.165) is 61.1 Å². The summed E-state index contributed by atoms with van der Waals surface area (Å²) in [4.78, 5) is 8.50. The minimum atomic E-state index is -3.64. The highest BCUT2D eigenvalue weighted by molar-refractivity contribution is 7.89. The molecule has 0 radical (unpaired) electrons. The van der Waals surface area contributed by atoms with E-state index in [-0.39, 0.29) is 12.2 Å². The topological polar surface area (TPSA) is 76.4 Å². The van der Waals surface area contributed by atoms with E-state index in [2.05, 4.69) is 14.8 Å². The minimum absolute atomic E-state index is 0.136. The highest BCUT2D eigenvalue weighted by atomic mass is 32.2. The summed E-state index contributed by atoms with van der Waals surface area (Å²) in [6, 6.07) is 17.2. The zero-order valence-electron chi connectivity index (χ0n) is 21.3. The number of rotatable bonds is 7. The van der Waals surface area contributed by atoms with Crippen LogP contribution in [-0.4, -0.2) is 80.3 Å². The lowest BCUT2D eigenvalue weighted by atomic mass is 10.2. The van der Waals surface area contributed by atoms with Crippen LogP contribution < -0.4 is 4.80 Å². The molecule has 5 rings (SSSR count). The molecular weight excluding hydrogens is 508 g/mol. The van der Waals surface area contributed by atoms with E-state index in [0.29, 0.717) is 18.0 Å². The molecule has 2 saturated heterocycles. The first kappa shape index (κ1) is 26.3. The number of sulfonamides is 1. The van der Waals surface area contributed by atoms with Crippen molar-refractivity contribution in [2.24, 2.45) is 4.99 Å². The number of thiazole rings is 1. The van der Waals surface area contributed by atoms with Crippen LogP contribution in [0.4, 0.5) is 5.69 Å². The van der Waals surface area contributed by atoms with Gasteiger partial charge in [-0.05, 0) is 38.1 Å². The largest absolute Gasteiger partial charge is 0.379 e. The number of nitrogens with zero attached hydrogens (tertiary/aromatic N) is 4. The van der Waals surface area contributed by atoms with Crippen molar-refractivity contribution in [3.63, 3.8) is 0 Å². The second kappa shape index (κ2) is 11.6. The summed E-state index contributed by atoms with van der Waals surface area (Å²) in [6.07, 6.45) is -0.272. The van der Waals surface area contributed by atoms with Crippen molar-refractivity contribution in [1.82, 2.24) is 13.8 Å². The van der Waals surface area contributed by atoms with Gasteiger partial charge < -0.3 is 14.0 Å². The number of morpholine rings is 2. The molecular formula is C27H34N4O4S2. The van der Waals surface area contributed by atoms with E-state index in [9.17, 15) is 8.42 Å². The van der Waals surface area contributed by atoms with E-state index in [1.165, 1.54) is 0 Å². The molecule has 0 aliphatic carbocycles. The Bertz CT molecular complexity index is 1350. The number of ether oxygens (including phenoxy) is 2. The molecule has 3 heterocycles. The van der Waals surface area contributed by atoms with Gasteiger partial charge >= 0.3 is 0 Å². The molecule has 2 aliphatic heterocycles. The first-order valence-corrected chi connectivity index (χ1v) is 15.1. The van der Waals surface area contributed by atoms with Gasteiger partial charge in [-0.3, -0.25) is 4.90 Å². The van der Waals surface area contributed by atoms with Crippen LogP contribution in [0.3, 0.4) is 0 Å². The maximum absolute atomic E-state index is 13.6. The fraction of sp³-hybridized carbons (Fsp3) is 0.444. The molecule has 198 valence electrons. The normalized spacial score (nSPS) is 22.4. The first-order chi connectivity index (χ1) is 17.9. The van der Waals surface area contributed by atoms with Crippen LogP contribution >= 0.6 is 11.3 Å². The van der Waals surface area contributed by atoms with E-state index in [1.54, 1.807) is 27.8 Å². The van der Waals surface area contributed by atoms with Crippen molar-refractivity contribution in [1.29, 1.82) is 0 Å². The Morgan fingerprint density at radius 2 is 1.70 bits per heavy atom. The van der Waals surface area contributed by atoms with Crippen molar-refractivity contribution < 1.29 is 17.9 Å². The summed E-state index contributed by atoms with van der Waals surface area (Å²) < 4.78 is 42.1. The quantitative estimate of drug-likeness (QED) is 0.456. The molecule has 0 amide bonds. The van der Waals surface area contributed by atoms with E-state index in [4.69, 9.17) is 14.5 Å². The summed E-state index contributed by atoms with van der Waals surface area (Å²) >= 11 is 1.57. The fourth-order valence-corrected chi connectivity index (χ4v) is 7.43. The van der Waals surface area contributed by atoms with Gasteiger partial charge in [0.2, 0.25) is 10.0 Å². The molecule has 0 spiro atoms. The fourth-order valence-electron chi connectivity index (χ4n) is 4.84. The Balaban J connectivity index is 1.49. The molecule has 2 aromatic carbocycles. The molecule has 37 heavy (non-hydrogen) atoms. The summed E-state index contributed by atoms with van der Waals surface area (Å²) in [5, 5.41) is 2.08. The molecule has 0 bridgehead atoms. The predicted octanol–water partition coefficient (Wildman–Crippen LogP) is 3.58. The third kappa shape index (κ3) is 6.22. The molecule has 1 aromatic heterocycles. The van der Waals surface area contributed by atoms with Crippen molar-refractivity contribution in [2.45, 2.75) is 37.5 Å². The monoisotopic (exact) mass is 542 g/mol. The van der Waals surface area contributed by atoms with Gasteiger partial charge in [0.25, 0.3) is 0 Å². The maximum Gasteiger partial charge on any atom is 0.243 e. The third-order valence-electron chi connectivity index (χ3n) is 6.68. The second-order valence-corrected chi connectivity index (χ2v) is 12.3. The Hall–Kier alpha value is -2.34. The van der Waals surface area contributed by atoms with E-state index >= 15 is 0 Å². The van der Waals surface area contributed by atoms with Gasteiger partial charge in [-0.15, -0.1) is 11.3 Å². The number of hydrogen-bond donors (Lipinski definition) is 0. The van der Waals surface area contributed by atoms with Crippen LogP contribution in [0.25, 0.3) is 11.3 Å². The van der Waals surface area contributed by atoms with Gasteiger partial charge in [-0.25, -0.2) is 13.4 Å². The van der Waals surface area contributed by atoms with Gasteiger partial charge in [-0.1, -0.05) is 30.3 Å². The van der Waals surface area contributed by atoms with Gasteiger partial charge in [0.15, 0.2) is 4.80 Å². The molecule has 3 aromatic rings. The highest BCUT2D eigenvalue weighted by Crippen LogP contribution is 2.27. The smallest absolute Gasteiger partial charge is 0.243 e. The molecule has 2 aliphatic rings. The van der Waals surface area contributed by atoms with Gasteiger partial charge in [0.05, 0.1) is 41.7 Å². The summed E-state index contributed by atoms with van der Waals surface area (Å²) in [5.74, 6) is 0. The molecule has 8 nitrogen and oxygen atoms in total. The van der Waals surface area contributed by atoms with Gasteiger partial charge in [0.1, 0.15) is 0 Å². The van der Waals surface area contributed by atoms with Crippen molar-refractivity contribution in [3.8, 4) is 11.3 Å². The van der Waals surface area contributed by atoms with Crippen molar-refractivity contribution in [3.05, 3.63) is 64.8 Å². The lowest BCUT2D eigenvalue weighted by Crippen LogP contribution is -2.48. The van der Waals surface area contributed by atoms with Crippen LogP contribution in [0.5, 0.6) is 0 Å². The molecule has 10 heteroatoms. The molecule has 0 saturated carbocycles. The zero-order valence-corrected chi connectivity index (χ0v) is 23.0. The van der Waals surface area contributed by atoms with Crippen LogP contribution in [0.1, 0.15) is 13.8 Å². The average Bonchev–Trinajstić information content (AvgIpc) is 3.30. The van der Waals surface area contributed by atoms with Crippen LogP contribution in [0.2, 0.25) is 0 Å². The Morgan fingerprint density at radius 3 is 2.43 bits per heavy atom. The summed E-state index contributed by atoms with van der Waals surface area (Å²) in [7, 11) is -3.64. The number of hydrogen-bond acceptors (Lipinski definition) is 7. The lowest BCUT2D eigenvalue weighted by molar-refractivity contribution is -0.0440. The van der Waals surface area contributed by atoms with E-state index < -0.39 is 10.0 Å². The van der Waals surface area contributed by atoms with Crippen molar-refractivity contribution in [2.75, 3.05) is 45.9 Å². The third-order valence-corrected chi connectivity index (χ3v) is 9.37. The predicted molar refractivity (Wildman–Crippen MR) is 145 cm³/mol. The lowest BCUT2D eigenvalue weighted by Gasteiger charge is -2.34. The SMILES string of the molecule is C[C@@H]1CN(S(=O)(=O)c2cccc(-c3csc(=Nc4ccccc4)n3CCN3CCOCC3)c2)C[C@@H](C)O1.